The van der Waals surface area contributed by atoms with E-state index < -0.39 is 5.97 Å². The molecular weight excluding hydrogens is 186 g/mol. The van der Waals surface area contributed by atoms with Gasteiger partial charge in [-0.15, -0.1) is 0 Å². The van der Waals surface area contributed by atoms with Gasteiger partial charge < -0.3 is 10.4 Å². The molecule has 0 radical (unpaired) electrons. The lowest BCUT2D eigenvalue weighted by atomic mass is 10.3. The first kappa shape index (κ1) is 12.5. The van der Waals surface area contributed by atoms with E-state index in [9.17, 15) is 4.79 Å². The molecule has 13 heavy (non-hydrogen) atoms. The van der Waals surface area contributed by atoms with Gasteiger partial charge in [0, 0.05) is 17.4 Å². The third kappa shape index (κ3) is 6.66. The average Bonchev–Trinajstić information content (AvgIpc) is 2.11. The molecule has 1 atom stereocenters. The number of nitrogens with one attached hydrogen (secondary N) is 1. The van der Waals surface area contributed by atoms with Gasteiger partial charge in [0.05, 0.1) is 0 Å². The standard InChI is InChI=1S/C9H17NO2S/c1-7(9(11)12)6-10-5-4-8(2)13-3/h8,10H,1,4-6H2,2-3H3,(H,11,12). The quantitative estimate of drug-likeness (QED) is 0.484. The number of rotatable bonds is 7. The number of hydrogen-bond donors (Lipinski definition) is 2. The Kier molecular flexibility index (Phi) is 6.72. The van der Waals surface area contributed by atoms with Gasteiger partial charge in [0.15, 0.2) is 0 Å². The summed E-state index contributed by atoms with van der Waals surface area (Å²) in [4.78, 5) is 10.3. The highest BCUT2D eigenvalue weighted by molar-refractivity contribution is 7.99. The van der Waals surface area contributed by atoms with Crippen molar-refractivity contribution in [3.8, 4) is 0 Å². The monoisotopic (exact) mass is 203 g/mol. The van der Waals surface area contributed by atoms with Gasteiger partial charge in [0.25, 0.3) is 0 Å². The van der Waals surface area contributed by atoms with Gasteiger partial charge >= 0.3 is 5.97 Å². The normalized spacial score (nSPS) is 12.5. The van der Waals surface area contributed by atoms with Crippen molar-refractivity contribution in [1.82, 2.24) is 5.32 Å². The Morgan fingerprint density at radius 3 is 2.77 bits per heavy atom. The summed E-state index contributed by atoms with van der Waals surface area (Å²) in [5.74, 6) is -0.926. The van der Waals surface area contributed by atoms with Crippen LogP contribution in [0.1, 0.15) is 13.3 Å². The predicted molar refractivity (Wildman–Crippen MR) is 57.2 cm³/mol. The highest BCUT2D eigenvalue weighted by atomic mass is 32.2. The summed E-state index contributed by atoms with van der Waals surface area (Å²) < 4.78 is 0. The third-order valence-corrected chi connectivity index (χ3v) is 2.81. The van der Waals surface area contributed by atoms with E-state index in [2.05, 4.69) is 25.1 Å². The van der Waals surface area contributed by atoms with Crippen molar-refractivity contribution in [3.05, 3.63) is 12.2 Å². The van der Waals surface area contributed by atoms with Crippen LogP contribution in [0.3, 0.4) is 0 Å². The molecule has 0 aliphatic rings. The minimum absolute atomic E-state index is 0.219. The molecule has 76 valence electrons. The number of carboxylic acids is 1. The van der Waals surface area contributed by atoms with Crippen molar-refractivity contribution < 1.29 is 9.90 Å². The van der Waals surface area contributed by atoms with Crippen LogP contribution in [0.4, 0.5) is 0 Å². The molecule has 0 bridgehead atoms. The van der Waals surface area contributed by atoms with Gasteiger partial charge in [-0.05, 0) is 19.2 Å². The van der Waals surface area contributed by atoms with Crippen LogP contribution in [0, 0.1) is 0 Å². The van der Waals surface area contributed by atoms with E-state index in [1.807, 2.05) is 11.8 Å². The van der Waals surface area contributed by atoms with Crippen LogP contribution in [0.15, 0.2) is 12.2 Å². The molecule has 2 N–H and O–H groups in total. The maximum atomic E-state index is 10.3. The number of hydrogen-bond acceptors (Lipinski definition) is 3. The summed E-state index contributed by atoms with van der Waals surface area (Å²) in [7, 11) is 0. The first-order valence-corrected chi connectivity index (χ1v) is 5.51. The zero-order valence-electron chi connectivity index (χ0n) is 8.17. The highest BCUT2D eigenvalue weighted by Crippen LogP contribution is 2.07. The molecule has 0 heterocycles. The van der Waals surface area contributed by atoms with Gasteiger partial charge in [-0.3, -0.25) is 0 Å². The van der Waals surface area contributed by atoms with E-state index in [-0.39, 0.29) is 5.57 Å². The van der Waals surface area contributed by atoms with Crippen LogP contribution in [-0.2, 0) is 4.79 Å². The van der Waals surface area contributed by atoms with E-state index in [0.717, 1.165) is 13.0 Å². The Hall–Kier alpha value is -0.480. The molecule has 0 saturated heterocycles. The maximum Gasteiger partial charge on any atom is 0.332 e. The van der Waals surface area contributed by atoms with E-state index in [4.69, 9.17) is 5.11 Å². The molecule has 3 nitrogen and oxygen atoms in total. The van der Waals surface area contributed by atoms with Crippen LogP contribution in [-0.4, -0.2) is 35.7 Å². The lowest BCUT2D eigenvalue weighted by Crippen LogP contribution is -2.23. The number of thioether (sulfide) groups is 1. The molecule has 0 aromatic heterocycles. The maximum absolute atomic E-state index is 10.3. The molecule has 0 aromatic carbocycles. The molecule has 0 aromatic rings. The van der Waals surface area contributed by atoms with Gasteiger partial charge in [-0.25, -0.2) is 4.79 Å². The second-order valence-corrected chi connectivity index (χ2v) is 4.20. The van der Waals surface area contributed by atoms with Crippen LogP contribution in [0.25, 0.3) is 0 Å². The highest BCUT2D eigenvalue weighted by Gasteiger charge is 2.03. The van der Waals surface area contributed by atoms with Crippen LogP contribution >= 0.6 is 11.8 Å². The summed E-state index contributed by atoms with van der Waals surface area (Å²) >= 11 is 1.81. The predicted octanol–water partition coefficient (Wildman–Crippen LogP) is 1.36. The SMILES string of the molecule is C=C(CNCCC(C)SC)C(=O)O. The van der Waals surface area contributed by atoms with Crippen molar-refractivity contribution in [2.75, 3.05) is 19.3 Å². The van der Waals surface area contributed by atoms with Crippen LogP contribution in [0.2, 0.25) is 0 Å². The Labute approximate surface area is 83.6 Å². The first-order valence-electron chi connectivity index (χ1n) is 4.22. The Balaban J connectivity index is 3.36. The summed E-state index contributed by atoms with van der Waals surface area (Å²) in [5, 5.41) is 12.1. The second-order valence-electron chi connectivity index (χ2n) is 2.92. The fourth-order valence-corrected chi connectivity index (χ4v) is 1.09. The molecule has 4 heteroatoms. The van der Waals surface area contributed by atoms with Crippen LogP contribution in [0.5, 0.6) is 0 Å². The van der Waals surface area contributed by atoms with E-state index in [1.165, 1.54) is 0 Å². The average molecular weight is 203 g/mol. The fraction of sp³-hybridized carbons (Fsp3) is 0.667. The molecule has 0 amide bonds. The minimum Gasteiger partial charge on any atom is -0.478 e. The van der Waals surface area contributed by atoms with E-state index >= 15 is 0 Å². The summed E-state index contributed by atoms with van der Waals surface area (Å²) in [6.07, 6.45) is 3.12. The van der Waals surface area contributed by atoms with Crippen molar-refractivity contribution in [2.45, 2.75) is 18.6 Å². The van der Waals surface area contributed by atoms with Gasteiger partial charge in [0.2, 0.25) is 0 Å². The third-order valence-electron chi connectivity index (χ3n) is 1.77. The molecule has 1 unspecified atom stereocenters. The van der Waals surface area contributed by atoms with Crippen molar-refractivity contribution in [2.24, 2.45) is 0 Å². The molecule has 0 aliphatic heterocycles. The summed E-state index contributed by atoms with van der Waals surface area (Å²) in [6, 6.07) is 0. The zero-order chi connectivity index (χ0) is 10.3. The van der Waals surface area contributed by atoms with Gasteiger partial charge in [-0.2, -0.15) is 11.8 Å². The lowest BCUT2D eigenvalue weighted by Gasteiger charge is -2.08. The molecule has 0 fully saturated rings. The number of carbonyl (C=O) groups is 1. The van der Waals surface area contributed by atoms with Crippen LogP contribution < -0.4 is 5.32 Å². The summed E-state index contributed by atoms with van der Waals surface area (Å²) in [5.41, 5.74) is 0.219. The molecule has 0 rings (SSSR count). The number of carboxylic acid groups (broad SMARTS) is 1. The Morgan fingerprint density at radius 2 is 2.31 bits per heavy atom. The molecular formula is C9H17NO2S. The van der Waals surface area contributed by atoms with E-state index in [1.54, 1.807) is 0 Å². The molecule has 0 aliphatic carbocycles. The topological polar surface area (TPSA) is 49.3 Å². The van der Waals surface area contributed by atoms with E-state index in [0.29, 0.717) is 11.8 Å². The largest absolute Gasteiger partial charge is 0.478 e. The molecule has 0 spiro atoms. The van der Waals surface area contributed by atoms with Crippen molar-refractivity contribution >= 4 is 17.7 Å². The lowest BCUT2D eigenvalue weighted by molar-refractivity contribution is -0.132. The Morgan fingerprint density at radius 1 is 1.69 bits per heavy atom. The first-order chi connectivity index (χ1) is 6.07. The molecule has 0 saturated carbocycles. The smallest absolute Gasteiger partial charge is 0.332 e. The summed E-state index contributed by atoms with van der Waals surface area (Å²) in [6.45, 7) is 6.79. The van der Waals surface area contributed by atoms with Crippen molar-refractivity contribution in [1.29, 1.82) is 0 Å². The fourth-order valence-electron chi connectivity index (χ4n) is 0.738. The second kappa shape index (κ2) is 6.97. The number of aliphatic carboxylic acids is 1. The van der Waals surface area contributed by atoms with Gasteiger partial charge in [-0.1, -0.05) is 13.5 Å². The Bertz CT molecular complexity index is 182. The minimum atomic E-state index is -0.926. The zero-order valence-corrected chi connectivity index (χ0v) is 8.99. The van der Waals surface area contributed by atoms with Crippen molar-refractivity contribution in [3.63, 3.8) is 0 Å². The van der Waals surface area contributed by atoms with Gasteiger partial charge in [0.1, 0.15) is 0 Å².